The minimum absolute atomic E-state index is 0.116. The standard InChI is InChI=1S/C11H19NO5/c1-3-4-5-17-11(15)12-7-8(13)6-9(12)10(14)16-2/h8-9,13H,3-7H2,1-2H3/t8-,9-/m1/s1. The summed E-state index contributed by atoms with van der Waals surface area (Å²) >= 11 is 0. The molecule has 6 heteroatoms. The number of likely N-dealkylation sites (tertiary alicyclic amines) is 1. The van der Waals surface area contributed by atoms with Gasteiger partial charge in [0.2, 0.25) is 0 Å². The van der Waals surface area contributed by atoms with Gasteiger partial charge in [-0.3, -0.25) is 4.90 Å². The van der Waals surface area contributed by atoms with Crippen molar-refractivity contribution in [3.8, 4) is 0 Å². The number of rotatable bonds is 4. The van der Waals surface area contributed by atoms with Crippen molar-refractivity contribution in [2.45, 2.75) is 38.3 Å². The van der Waals surface area contributed by atoms with Crippen molar-refractivity contribution in [3.63, 3.8) is 0 Å². The van der Waals surface area contributed by atoms with E-state index in [1.165, 1.54) is 12.0 Å². The van der Waals surface area contributed by atoms with Gasteiger partial charge in [0.25, 0.3) is 0 Å². The third-order valence-corrected chi connectivity index (χ3v) is 2.71. The summed E-state index contributed by atoms with van der Waals surface area (Å²) in [4.78, 5) is 24.3. The van der Waals surface area contributed by atoms with E-state index >= 15 is 0 Å². The van der Waals surface area contributed by atoms with Gasteiger partial charge in [0, 0.05) is 6.42 Å². The summed E-state index contributed by atoms with van der Waals surface area (Å²) in [5, 5.41) is 9.48. The predicted octanol–water partition coefficient (Wildman–Crippen LogP) is 0.531. The van der Waals surface area contributed by atoms with Crippen LogP contribution in [0.1, 0.15) is 26.2 Å². The Morgan fingerprint density at radius 3 is 2.76 bits per heavy atom. The number of hydrogen-bond donors (Lipinski definition) is 1. The molecule has 0 spiro atoms. The highest BCUT2D eigenvalue weighted by molar-refractivity contribution is 5.82. The second-order valence-corrected chi connectivity index (χ2v) is 4.05. The zero-order chi connectivity index (χ0) is 12.8. The second-order valence-electron chi connectivity index (χ2n) is 4.05. The average molecular weight is 245 g/mol. The van der Waals surface area contributed by atoms with Crippen LogP contribution in [-0.2, 0) is 14.3 Å². The van der Waals surface area contributed by atoms with Crippen molar-refractivity contribution < 1.29 is 24.2 Å². The fraction of sp³-hybridized carbons (Fsp3) is 0.818. The van der Waals surface area contributed by atoms with Gasteiger partial charge in [0.15, 0.2) is 0 Å². The molecule has 98 valence electrons. The van der Waals surface area contributed by atoms with Gasteiger partial charge in [0.1, 0.15) is 6.04 Å². The molecule has 6 nitrogen and oxygen atoms in total. The van der Waals surface area contributed by atoms with E-state index in [0.29, 0.717) is 6.61 Å². The first kappa shape index (κ1) is 13.8. The summed E-state index contributed by atoms with van der Waals surface area (Å²) in [6.45, 7) is 2.44. The molecule has 0 aromatic rings. The molecule has 0 bridgehead atoms. The maximum atomic E-state index is 11.7. The van der Waals surface area contributed by atoms with Crippen molar-refractivity contribution >= 4 is 12.1 Å². The fourth-order valence-electron chi connectivity index (χ4n) is 1.76. The molecule has 1 rings (SSSR count). The third kappa shape index (κ3) is 3.59. The van der Waals surface area contributed by atoms with Crippen LogP contribution in [0.4, 0.5) is 4.79 Å². The molecule has 0 aliphatic carbocycles. The topological polar surface area (TPSA) is 76.1 Å². The van der Waals surface area contributed by atoms with Gasteiger partial charge in [-0.2, -0.15) is 0 Å². The lowest BCUT2D eigenvalue weighted by atomic mass is 10.2. The largest absolute Gasteiger partial charge is 0.467 e. The maximum Gasteiger partial charge on any atom is 0.410 e. The Bertz CT molecular complexity index is 281. The minimum atomic E-state index is -0.732. The summed E-state index contributed by atoms with van der Waals surface area (Å²) in [6, 6.07) is -0.732. The van der Waals surface area contributed by atoms with Crippen LogP contribution in [-0.4, -0.2) is 54.5 Å². The second kappa shape index (κ2) is 6.44. The Kier molecular flexibility index (Phi) is 5.21. The number of ether oxygens (including phenoxy) is 2. The van der Waals surface area contributed by atoms with Crippen LogP contribution in [0.15, 0.2) is 0 Å². The van der Waals surface area contributed by atoms with E-state index in [1.54, 1.807) is 0 Å². The quantitative estimate of drug-likeness (QED) is 0.577. The van der Waals surface area contributed by atoms with Crippen molar-refractivity contribution in [1.29, 1.82) is 0 Å². The lowest BCUT2D eigenvalue weighted by molar-refractivity contribution is -0.145. The zero-order valence-corrected chi connectivity index (χ0v) is 10.2. The molecule has 1 heterocycles. The Labute approximate surface area is 100 Å². The van der Waals surface area contributed by atoms with Crippen LogP contribution in [0.25, 0.3) is 0 Å². The lowest BCUT2D eigenvalue weighted by Gasteiger charge is -2.21. The summed E-state index contributed by atoms with van der Waals surface area (Å²) in [6.07, 6.45) is 0.653. The summed E-state index contributed by atoms with van der Waals surface area (Å²) < 4.78 is 9.60. The number of β-amino-alcohol motifs (C(OH)–C–C–N with tert-alkyl or cyclic N) is 1. The van der Waals surface area contributed by atoms with Crippen LogP contribution in [0.2, 0.25) is 0 Å². The summed E-state index contributed by atoms with van der Waals surface area (Å²) in [5.74, 6) is -0.519. The number of amides is 1. The Morgan fingerprint density at radius 2 is 2.18 bits per heavy atom. The molecule has 1 aliphatic heterocycles. The minimum Gasteiger partial charge on any atom is -0.467 e. The summed E-state index contributed by atoms with van der Waals surface area (Å²) in [7, 11) is 1.26. The van der Waals surface area contributed by atoms with E-state index < -0.39 is 24.2 Å². The highest BCUT2D eigenvalue weighted by Crippen LogP contribution is 2.20. The molecule has 0 unspecified atom stereocenters. The van der Waals surface area contributed by atoms with Gasteiger partial charge in [-0.05, 0) is 6.42 Å². The van der Waals surface area contributed by atoms with Crippen molar-refractivity contribution in [3.05, 3.63) is 0 Å². The molecule has 0 saturated carbocycles. The molecule has 1 amide bonds. The Balaban J connectivity index is 2.54. The molecular weight excluding hydrogens is 226 g/mol. The molecule has 1 saturated heterocycles. The maximum absolute atomic E-state index is 11.7. The first-order valence-electron chi connectivity index (χ1n) is 5.79. The highest BCUT2D eigenvalue weighted by Gasteiger charge is 2.40. The van der Waals surface area contributed by atoms with E-state index in [4.69, 9.17) is 4.74 Å². The van der Waals surface area contributed by atoms with Crippen molar-refractivity contribution in [2.75, 3.05) is 20.3 Å². The van der Waals surface area contributed by atoms with Crippen LogP contribution < -0.4 is 0 Å². The van der Waals surface area contributed by atoms with Gasteiger partial charge in [-0.1, -0.05) is 13.3 Å². The van der Waals surface area contributed by atoms with E-state index in [-0.39, 0.29) is 13.0 Å². The molecular formula is C11H19NO5. The predicted molar refractivity (Wildman–Crippen MR) is 59.4 cm³/mol. The summed E-state index contributed by atoms with van der Waals surface area (Å²) in [5.41, 5.74) is 0. The van der Waals surface area contributed by atoms with Gasteiger partial charge in [-0.15, -0.1) is 0 Å². The number of esters is 1. The number of aliphatic hydroxyl groups is 1. The van der Waals surface area contributed by atoms with Gasteiger partial charge < -0.3 is 14.6 Å². The molecule has 1 fully saturated rings. The van der Waals surface area contributed by atoms with Gasteiger partial charge >= 0.3 is 12.1 Å². The van der Waals surface area contributed by atoms with Crippen LogP contribution >= 0.6 is 0 Å². The number of carbonyl (C=O) groups excluding carboxylic acids is 2. The molecule has 17 heavy (non-hydrogen) atoms. The fourth-order valence-corrected chi connectivity index (χ4v) is 1.76. The van der Waals surface area contributed by atoms with Crippen molar-refractivity contribution in [1.82, 2.24) is 4.90 Å². The SMILES string of the molecule is CCCCOC(=O)N1C[C@H](O)C[C@@H]1C(=O)OC. The molecule has 0 aromatic heterocycles. The highest BCUT2D eigenvalue weighted by atomic mass is 16.6. The van der Waals surface area contributed by atoms with E-state index in [2.05, 4.69) is 4.74 Å². The number of methoxy groups -OCH3 is 1. The van der Waals surface area contributed by atoms with Crippen LogP contribution in [0, 0.1) is 0 Å². The molecule has 1 aliphatic rings. The number of carbonyl (C=O) groups is 2. The molecule has 2 atom stereocenters. The first-order chi connectivity index (χ1) is 8.10. The van der Waals surface area contributed by atoms with E-state index in [0.717, 1.165) is 12.8 Å². The monoisotopic (exact) mass is 245 g/mol. The van der Waals surface area contributed by atoms with E-state index in [1.807, 2.05) is 6.92 Å². The van der Waals surface area contributed by atoms with Crippen LogP contribution in [0.5, 0.6) is 0 Å². The van der Waals surface area contributed by atoms with Gasteiger partial charge in [0.05, 0.1) is 26.4 Å². The zero-order valence-electron chi connectivity index (χ0n) is 10.2. The lowest BCUT2D eigenvalue weighted by Crippen LogP contribution is -2.41. The Morgan fingerprint density at radius 1 is 1.47 bits per heavy atom. The average Bonchev–Trinajstić information content (AvgIpc) is 2.70. The molecule has 1 N–H and O–H groups in total. The number of nitrogens with zero attached hydrogens (tertiary/aromatic N) is 1. The normalized spacial score (nSPS) is 23.6. The smallest absolute Gasteiger partial charge is 0.410 e. The number of hydrogen-bond acceptors (Lipinski definition) is 5. The van der Waals surface area contributed by atoms with E-state index in [9.17, 15) is 14.7 Å². The third-order valence-electron chi connectivity index (χ3n) is 2.71. The van der Waals surface area contributed by atoms with Crippen molar-refractivity contribution in [2.24, 2.45) is 0 Å². The number of aliphatic hydroxyl groups excluding tert-OH is 1. The Hall–Kier alpha value is -1.30. The van der Waals surface area contributed by atoms with Crippen LogP contribution in [0.3, 0.4) is 0 Å². The molecule has 0 radical (unpaired) electrons. The molecule has 0 aromatic carbocycles. The number of unbranched alkanes of at least 4 members (excludes halogenated alkanes) is 1. The first-order valence-corrected chi connectivity index (χ1v) is 5.79. The van der Waals surface area contributed by atoms with Gasteiger partial charge in [-0.25, -0.2) is 9.59 Å².